The van der Waals surface area contributed by atoms with Gasteiger partial charge in [-0.3, -0.25) is 14.4 Å². The number of nitrogens with one attached hydrogen (secondary N) is 1. The first kappa shape index (κ1) is 27.0. The van der Waals surface area contributed by atoms with Crippen LogP contribution < -0.4 is 16.0 Å². The number of amides is 2. The van der Waals surface area contributed by atoms with Gasteiger partial charge in [0.2, 0.25) is 11.8 Å². The van der Waals surface area contributed by atoms with Crippen LogP contribution in [0.5, 0.6) is 0 Å². The molecule has 2 aromatic carbocycles. The third-order valence-corrected chi connectivity index (χ3v) is 6.57. The zero-order chi connectivity index (χ0) is 25.5. The number of anilines is 1. The number of nitrogens with zero attached hydrogens (tertiary/aromatic N) is 2. The van der Waals surface area contributed by atoms with E-state index in [2.05, 4.69) is 10.2 Å². The van der Waals surface area contributed by atoms with E-state index in [-0.39, 0.29) is 30.6 Å². The van der Waals surface area contributed by atoms with Gasteiger partial charge < -0.3 is 20.9 Å². The van der Waals surface area contributed by atoms with Crippen molar-refractivity contribution in [1.29, 1.82) is 0 Å². The average Bonchev–Trinajstić information content (AvgIpc) is 2.84. The second-order valence-electron chi connectivity index (χ2n) is 9.11. The number of carbonyl (C=O) groups excluding carboxylic acids is 3. The maximum atomic E-state index is 13.4. The third kappa shape index (κ3) is 7.19. The number of ketones is 1. The number of halogens is 2. The molecule has 35 heavy (non-hydrogen) atoms. The second kappa shape index (κ2) is 12.4. The Hall–Kier alpha value is -2.61. The molecule has 3 N–H and O–H groups in total. The fourth-order valence-electron chi connectivity index (χ4n) is 4.21. The van der Waals surface area contributed by atoms with Gasteiger partial charge in [0.1, 0.15) is 6.04 Å². The number of Topliss-reactive ketones (excluding diaryl/α,β-unsaturated/α-hetero) is 1. The van der Waals surface area contributed by atoms with Crippen molar-refractivity contribution in [3.05, 3.63) is 63.6 Å². The van der Waals surface area contributed by atoms with E-state index in [1.165, 1.54) is 0 Å². The van der Waals surface area contributed by atoms with Gasteiger partial charge in [-0.25, -0.2) is 0 Å². The molecule has 0 unspecified atom stereocenters. The monoisotopic (exact) mass is 518 g/mol. The van der Waals surface area contributed by atoms with Crippen LogP contribution in [0, 0.1) is 5.92 Å². The lowest BCUT2D eigenvalue weighted by atomic mass is 9.99. The van der Waals surface area contributed by atoms with Gasteiger partial charge in [-0.15, -0.1) is 0 Å². The lowest BCUT2D eigenvalue weighted by Crippen LogP contribution is -2.56. The van der Waals surface area contributed by atoms with Gasteiger partial charge in [0.15, 0.2) is 5.78 Å². The lowest BCUT2D eigenvalue weighted by molar-refractivity contribution is -0.136. The Morgan fingerprint density at radius 2 is 1.71 bits per heavy atom. The zero-order valence-electron chi connectivity index (χ0n) is 20.1. The first-order valence-electron chi connectivity index (χ1n) is 11.8. The van der Waals surface area contributed by atoms with Gasteiger partial charge in [0.05, 0.1) is 6.54 Å². The van der Waals surface area contributed by atoms with Gasteiger partial charge in [-0.1, -0.05) is 55.2 Å². The minimum atomic E-state index is -0.795. The number of para-hydroxylation sites is 1. The molecular weight excluding hydrogens is 487 g/mol. The van der Waals surface area contributed by atoms with E-state index in [9.17, 15) is 14.4 Å². The molecule has 0 spiro atoms. The van der Waals surface area contributed by atoms with Crippen LogP contribution in [0.4, 0.5) is 5.69 Å². The molecule has 188 valence electrons. The van der Waals surface area contributed by atoms with Gasteiger partial charge in [-0.2, -0.15) is 0 Å². The summed E-state index contributed by atoms with van der Waals surface area (Å²) in [7, 11) is 0. The van der Waals surface area contributed by atoms with E-state index < -0.39 is 11.9 Å². The number of benzene rings is 2. The SMILES string of the molecule is CC(C)CC(=O)c1ccccc1N1CCN(C(=O)[C@@H](Cc2ccc(Cl)cc2Cl)NC(=O)CN)CC1. The number of nitrogens with two attached hydrogens (primary N) is 1. The molecule has 1 aliphatic heterocycles. The van der Waals surface area contributed by atoms with Gasteiger partial charge in [0.25, 0.3) is 0 Å². The Morgan fingerprint density at radius 1 is 1.03 bits per heavy atom. The Labute approximate surface area is 216 Å². The van der Waals surface area contributed by atoms with Gasteiger partial charge in [0, 0.05) is 60.3 Å². The van der Waals surface area contributed by atoms with E-state index in [0.717, 1.165) is 5.69 Å². The highest BCUT2D eigenvalue weighted by molar-refractivity contribution is 6.35. The molecule has 1 aliphatic rings. The molecule has 2 amide bonds. The predicted octanol–water partition coefficient (Wildman–Crippen LogP) is 3.56. The van der Waals surface area contributed by atoms with Crippen molar-refractivity contribution in [2.75, 3.05) is 37.6 Å². The van der Waals surface area contributed by atoms with Crippen molar-refractivity contribution in [2.45, 2.75) is 32.7 Å². The Balaban J connectivity index is 1.71. The van der Waals surface area contributed by atoms with Crippen LogP contribution in [0.2, 0.25) is 10.0 Å². The lowest BCUT2D eigenvalue weighted by Gasteiger charge is -2.38. The van der Waals surface area contributed by atoms with E-state index in [1.54, 1.807) is 23.1 Å². The summed E-state index contributed by atoms with van der Waals surface area (Å²) in [6.45, 7) is 5.94. The molecular formula is C26H32Cl2N4O3. The number of hydrogen-bond acceptors (Lipinski definition) is 5. The predicted molar refractivity (Wildman–Crippen MR) is 140 cm³/mol. The largest absolute Gasteiger partial charge is 0.367 e. The minimum Gasteiger partial charge on any atom is -0.367 e. The highest BCUT2D eigenvalue weighted by atomic mass is 35.5. The molecule has 1 atom stereocenters. The Bertz CT molecular complexity index is 1070. The molecule has 0 aliphatic carbocycles. The molecule has 1 fully saturated rings. The van der Waals surface area contributed by atoms with Crippen LogP contribution in [0.15, 0.2) is 42.5 Å². The van der Waals surface area contributed by atoms with Crippen LogP contribution >= 0.6 is 23.2 Å². The molecule has 2 aromatic rings. The van der Waals surface area contributed by atoms with Crippen LogP contribution in [0.25, 0.3) is 0 Å². The quantitative estimate of drug-likeness (QED) is 0.494. The van der Waals surface area contributed by atoms with Gasteiger partial charge in [-0.05, 0) is 35.7 Å². The van der Waals surface area contributed by atoms with E-state index in [0.29, 0.717) is 53.8 Å². The molecule has 3 rings (SSSR count). The van der Waals surface area contributed by atoms with Crippen molar-refractivity contribution < 1.29 is 14.4 Å². The number of rotatable bonds is 9. The maximum Gasteiger partial charge on any atom is 0.245 e. The number of carbonyl (C=O) groups is 3. The van der Waals surface area contributed by atoms with Crippen LogP contribution in [-0.2, 0) is 16.0 Å². The smallest absolute Gasteiger partial charge is 0.245 e. The summed E-state index contributed by atoms with van der Waals surface area (Å²) in [5.74, 6) is -0.204. The summed E-state index contributed by atoms with van der Waals surface area (Å²) in [4.78, 5) is 42.1. The van der Waals surface area contributed by atoms with Crippen molar-refractivity contribution in [3.63, 3.8) is 0 Å². The molecule has 1 saturated heterocycles. The van der Waals surface area contributed by atoms with Crippen molar-refractivity contribution >= 4 is 46.5 Å². The second-order valence-corrected chi connectivity index (χ2v) is 9.96. The van der Waals surface area contributed by atoms with Gasteiger partial charge >= 0.3 is 0 Å². The highest BCUT2D eigenvalue weighted by Crippen LogP contribution is 2.26. The summed E-state index contributed by atoms with van der Waals surface area (Å²) >= 11 is 12.3. The number of hydrogen-bond donors (Lipinski definition) is 2. The van der Waals surface area contributed by atoms with Crippen LogP contribution in [-0.4, -0.2) is 61.3 Å². The Kier molecular flexibility index (Phi) is 9.55. The van der Waals surface area contributed by atoms with Crippen molar-refractivity contribution in [3.8, 4) is 0 Å². The zero-order valence-corrected chi connectivity index (χ0v) is 21.6. The Morgan fingerprint density at radius 3 is 2.34 bits per heavy atom. The summed E-state index contributed by atoms with van der Waals surface area (Å²) in [5.41, 5.74) is 7.80. The van der Waals surface area contributed by atoms with Crippen LogP contribution in [0.3, 0.4) is 0 Å². The highest BCUT2D eigenvalue weighted by Gasteiger charge is 2.30. The first-order valence-corrected chi connectivity index (χ1v) is 12.5. The molecule has 0 bridgehead atoms. The molecule has 9 heteroatoms. The summed E-state index contributed by atoms with van der Waals surface area (Å²) in [6.07, 6.45) is 0.721. The first-order chi connectivity index (χ1) is 16.7. The van der Waals surface area contributed by atoms with Crippen molar-refractivity contribution in [2.24, 2.45) is 11.7 Å². The molecule has 1 heterocycles. The number of piperazine rings is 1. The van der Waals surface area contributed by atoms with E-state index >= 15 is 0 Å². The summed E-state index contributed by atoms with van der Waals surface area (Å²) < 4.78 is 0. The third-order valence-electron chi connectivity index (χ3n) is 5.99. The average molecular weight is 519 g/mol. The molecule has 0 radical (unpaired) electrons. The fourth-order valence-corrected chi connectivity index (χ4v) is 4.70. The normalized spacial score (nSPS) is 14.7. The molecule has 0 aromatic heterocycles. The topological polar surface area (TPSA) is 95.7 Å². The maximum absolute atomic E-state index is 13.4. The van der Waals surface area contributed by atoms with E-state index in [4.69, 9.17) is 28.9 Å². The summed E-state index contributed by atoms with van der Waals surface area (Å²) in [5, 5.41) is 3.67. The standard InChI is InChI=1S/C26H32Cl2N4O3/c1-17(2)13-24(33)20-5-3-4-6-23(20)31-9-11-32(12-10-31)26(35)22(30-25(34)16-29)14-18-7-8-19(27)15-21(18)28/h3-8,15,17,22H,9-14,16,29H2,1-2H3,(H,30,34)/t22-/m1/s1. The summed E-state index contributed by atoms with van der Waals surface area (Å²) in [6, 6.07) is 11.9. The van der Waals surface area contributed by atoms with Crippen molar-refractivity contribution in [1.82, 2.24) is 10.2 Å². The fraction of sp³-hybridized carbons (Fsp3) is 0.423. The minimum absolute atomic E-state index is 0.124. The van der Waals surface area contributed by atoms with E-state index in [1.807, 2.05) is 38.1 Å². The molecule has 7 nitrogen and oxygen atoms in total. The molecule has 0 saturated carbocycles. The van der Waals surface area contributed by atoms with Crippen LogP contribution in [0.1, 0.15) is 36.2 Å².